The standard InChI is InChI=1S/C19H19N5O2S/c1-19(2,23-13-6-4-5-7-15(13)26-3)17(25)22-18-21-14-9-8-12-11(10-20-24-12)16(14)27-18/h4-10,23H,1-3H3,(H,20,24)(H,21,22,25). The molecule has 2 aromatic carbocycles. The average Bonchev–Trinajstić information content (AvgIpc) is 3.27. The third-order valence-corrected chi connectivity index (χ3v) is 5.34. The van der Waals surface area contributed by atoms with E-state index in [1.165, 1.54) is 11.3 Å². The number of hydrogen-bond acceptors (Lipinski definition) is 6. The van der Waals surface area contributed by atoms with E-state index >= 15 is 0 Å². The zero-order chi connectivity index (χ0) is 19.0. The number of aromatic nitrogens is 3. The lowest BCUT2D eigenvalue weighted by molar-refractivity contribution is -0.119. The fourth-order valence-electron chi connectivity index (χ4n) is 2.85. The van der Waals surface area contributed by atoms with Crippen molar-refractivity contribution in [3.05, 3.63) is 42.6 Å². The molecule has 0 saturated heterocycles. The van der Waals surface area contributed by atoms with Crippen molar-refractivity contribution in [3.8, 4) is 5.75 Å². The minimum absolute atomic E-state index is 0.184. The van der Waals surface area contributed by atoms with Gasteiger partial charge in [0.2, 0.25) is 0 Å². The second-order valence-electron chi connectivity index (χ2n) is 6.67. The maximum absolute atomic E-state index is 12.9. The fourth-order valence-corrected chi connectivity index (χ4v) is 3.82. The molecule has 2 aromatic heterocycles. The number of ether oxygens (including phenoxy) is 1. The molecule has 0 spiro atoms. The van der Waals surface area contributed by atoms with E-state index < -0.39 is 5.54 Å². The molecule has 0 atom stereocenters. The van der Waals surface area contributed by atoms with Crippen molar-refractivity contribution in [2.45, 2.75) is 19.4 Å². The molecule has 0 fully saturated rings. The lowest BCUT2D eigenvalue weighted by atomic mass is 10.0. The normalized spacial score (nSPS) is 11.7. The van der Waals surface area contributed by atoms with Gasteiger partial charge in [-0.3, -0.25) is 15.2 Å². The Morgan fingerprint density at radius 3 is 2.85 bits per heavy atom. The zero-order valence-electron chi connectivity index (χ0n) is 15.2. The maximum atomic E-state index is 12.9. The van der Waals surface area contributed by atoms with Gasteiger partial charge in [0.05, 0.1) is 34.7 Å². The molecule has 3 N–H and O–H groups in total. The van der Waals surface area contributed by atoms with E-state index in [4.69, 9.17) is 4.74 Å². The van der Waals surface area contributed by atoms with Crippen molar-refractivity contribution in [3.63, 3.8) is 0 Å². The number of benzene rings is 2. The number of para-hydroxylation sites is 2. The van der Waals surface area contributed by atoms with Crippen LogP contribution in [0.2, 0.25) is 0 Å². The number of rotatable bonds is 5. The number of anilines is 2. The van der Waals surface area contributed by atoms with E-state index in [0.29, 0.717) is 10.9 Å². The number of fused-ring (bicyclic) bond motifs is 3. The molecule has 4 aromatic rings. The van der Waals surface area contributed by atoms with Gasteiger partial charge in [-0.25, -0.2) is 4.98 Å². The molecular formula is C19H19N5O2S. The van der Waals surface area contributed by atoms with Crippen LogP contribution >= 0.6 is 11.3 Å². The van der Waals surface area contributed by atoms with Crippen molar-refractivity contribution in [2.24, 2.45) is 0 Å². The molecule has 7 nitrogen and oxygen atoms in total. The topological polar surface area (TPSA) is 91.9 Å². The summed E-state index contributed by atoms with van der Waals surface area (Å²) in [4.78, 5) is 17.4. The van der Waals surface area contributed by atoms with Crippen LogP contribution in [0.4, 0.5) is 10.8 Å². The van der Waals surface area contributed by atoms with Gasteiger partial charge >= 0.3 is 0 Å². The predicted molar refractivity (Wildman–Crippen MR) is 109 cm³/mol. The van der Waals surface area contributed by atoms with Crippen molar-refractivity contribution >= 4 is 49.2 Å². The van der Waals surface area contributed by atoms with Gasteiger partial charge < -0.3 is 10.1 Å². The summed E-state index contributed by atoms with van der Waals surface area (Å²) in [7, 11) is 1.60. The number of nitrogens with zero attached hydrogens (tertiary/aromatic N) is 2. The first-order valence-electron chi connectivity index (χ1n) is 8.43. The Morgan fingerprint density at radius 1 is 1.22 bits per heavy atom. The minimum atomic E-state index is -0.864. The fraction of sp³-hybridized carbons (Fsp3) is 0.211. The average molecular weight is 381 g/mol. The third-order valence-electron chi connectivity index (χ3n) is 4.32. The summed E-state index contributed by atoms with van der Waals surface area (Å²) in [5.74, 6) is 0.497. The molecule has 0 radical (unpaired) electrons. The SMILES string of the molecule is COc1ccccc1NC(C)(C)C(=O)Nc1nc2ccc3[nH]ncc3c2s1. The monoisotopic (exact) mass is 381 g/mol. The van der Waals surface area contributed by atoms with Crippen LogP contribution in [-0.2, 0) is 4.79 Å². The van der Waals surface area contributed by atoms with E-state index in [0.717, 1.165) is 26.8 Å². The second kappa shape index (κ2) is 6.55. The number of carbonyl (C=O) groups is 1. The van der Waals surface area contributed by atoms with Crippen LogP contribution in [-0.4, -0.2) is 33.7 Å². The van der Waals surface area contributed by atoms with E-state index in [-0.39, 0.29) is 5.91 Å². The highest BCUT2D eigenvalue weighted by Gasteiger charge is 2.29. The number of methoxy groups -OCH3 is 1. The molecule has 27 heavy (non-hydrogen) atoms. The van der Waals surface area contributed by atoms with Crippen LogP contribution in [0.15, 0.2) is 42.6 Å². The van der Waals surface area contributed by atoms with Gasteiger partial charge in [0, 0.05) is 5.39 Å². The third kappa shape index (κ3) is 3.19. The van der Waals surface area contributed by atoms with Crippen LogP contribution in [0.1, 0.15) is 13.8 Å². The maximum Gasteiger partial charge on any atom is 0.251 e. The molecule has 0 unspecified atom stereocenters. The van der Waals surface area contributed by atoms with Gasteiger partial charge in [-0.05, 0) is 38.1 Å². The molecular weight excluding hydrogens is 362 g/mol. The Hall–Kier alpha value is -3.13. The first-order valence-corrected chi connectivity index (χ1v) is 9.25. The Bertz CT molecular complexity index is 1130. The van der Waals surface area contributed by atoms with Crippen molar-refractivity contribution < 1.29 is 9.53 Å². The summed E-state index contributed by atoms with van der Waals surface area (Å²) in [6.07, 6.45) is 1.77. The molecule has 2 heterocycles. The van der Waals surface area contributed by atoms with E-state index in [1.54, 1.807) is 13.3 Å². The van der Waals surface area contributed by atoms with Crippen LogP contribution in [0.3, 0.4) is 0 Å². The molecule has 0 aliphatic rings. The summed E-state index contributed by atoms with van der Waals surface area (Å²) < 4.78 is 6.34. The van der Waals surface area contributed by atoms with Gasteiger partial charge in [-0.15, -0.1) is 0 Å². The summed E-state index contributed by atoms with van der Waals surface area (Å²) >= 11 is 1.43. The summed E-state index contributed by atoms with van der Waals surface area (Å²) in [6, 6.07) is 11.3. The number of amides is 1. The highest BCUT2D eigenvalue weighted by Crippen LogP contribution is 2.33. The van der Waals surface area contributed by atoms with Crippen molar-refractivity contribution in [1.82, 2.24) is 15.2 Å². The first-order chi connectivity index (χ1) is 13.0. The summed E-state index contributed by atoms with van der Waals surface area (Å²) in [5, 5.41) is 14.7. The Labute approximate surface area is 159 Å². The number of H-pyrrole nitrogens is 1. The predicted octanol–water partition coefficient (Wildman–Crippen LogP) is 4.01. The van der Waals surface area contributed by atoms with Crippen LogP contribution in [0.5, 0.6) is 5.75 Å². The molecule has 0 aliphatic heterocycles. The van der Waals surface area contributed by atoms with Crippen LogP contribution in [0, 0.1) is 0 Å². The Morgan fingerprint density at radius 2 is 2.04 bits per heavy atom. The number of aromatic amines is 1. The van der Waals surface area contributed by atoms with E-state index in [9.17, 15) is 4.79 Å². The molecule has 8 heteroatoms. The highest BCUT2D eigenvalue weighted by molar-refractivity contribution is 7.23. The van der Waals surface area contributed by atoms with Crippen LogP contribution < -0.4 is 15.4 Å². The molecule has 0 saturated carbocycles. The highest BCUT2D eigenvalue weighted by atomic mass is 32.1. The van der Waals surface area contributed by atoms with E-state index in [1.807, 2.05) is 50.2 Å². The first kappa shape index (κ1) is 17.3. The van der Waals surface area contributed by atoms with Gasteiger partial charge in [-0.2, -0.15) is 5.10 Å². The number of carbonyl (C=O) groups excluding carboxylic acids is 1. The molecule has 4 rings (SSSR count). The lowest BCUT2D eigenvalue weighted by Crippen LogP contribution is -2.44. The van der Waals surface area contributed by atoms with Gasteiger partial charge in [0.1, 0.15) is 11.3 Å². The number of thiazole rings is 1. The minimum Gasteiger partial charge on any atom is -0.495 e. The smallest absolute Gasteiger partial charge is 0.251 e. The van der Waals surface area contributed by atoms with Gasteiger partial charge in [-0.1, -0.05) is 23.5 Å². The molecule has 0 bridgehead atoms. The lowest BCUT2D eigenvalue weighted by Gasteiger charge is -2.26. The number of hydrogen-bond donors (Lipinski definition) is 3. The van der Waals surface area contributed by atoms with E-state index in [2.05, 4.69) is 25.8 Å². The van der Waals surface area contributed by atoms with Gasteiger partial charge in [0.25, 0.3) is 5.91 Å². The van der Waals surface area contributed by atoms with Gasteiger partial charge in [0.15, 0.2) is 5.13 Å². The summed E-state index contributed by atoms with van der Waals surface area (Å²) in [6.45, 7) is 3.63. The zero-order valence-corrected chi connectivity index (χ0v) is 16.0. The molecule has 0 aliphatic carbocycles. The molecule has 1 amide bonds. The molecule has 138 valence electrons. The van der Waals surface area contributed by atoms with Crippen molar-refractivity contribution in [2.75, 3.05) is 17.7 Å². The Balaban J connectivity index is 1.58. The number of nitrogens with one attached hydrogen (secondary N) is 3. The second-order valence-corrected chi connectivity index (χ2v) is 7.67. The summed E-state index contributed by atoms with van der Waals surface area (Å²) in [5.41, 5.74) is 1.67. The Kier molecular flexibility index (Phi) is 4.19. The van der Waals surface area contributed by atoms with Crippen molar-refractivity contribution in [1.29, 1.82) is 0 Å². The largest absolute Gasteiger partial charge is 0.495 e. The quantitative estimate of drug-likeness (QED) is 0.486. The van der Waals surface area contributed by atoms with Crippen LogP contribution in [0.25, 0.3) is 21.1 Å².